The van der Waals surface area contributed by atoms with Gasteiger partial charge in [-0.2, -0.15) is 18.3 Å². The number of amides is 1. The molecule has 0 saturated carbocycles. The molecule has 130 valence electrons. The van der Waals surface area contributed by atoms with Gasteiger partial charge in [0.25, 0.3) is 0 Å². The standard InChI is InChI=1S/C15H15F3N4O.ClH/c16-15(17,18)13-5-6-22(21-13)12-3-1-10(2-4-12)7-20-14(23)11-8-19-9-11;/h1-6,11,19H,7-9H2,(H,20,23);1H. The van der Waals surface area contributed by atoms with Crippen LogP contribution in [0.15, 0.2) is 36.5 Å². The number of carbonyl (C=O) groups excluding carboxylic acids is 1. The Morgan fingerprint density at radius 1 is 1.25 bits per heavy atom. The molecule has 1 amide bonds. The number of alkyl halides is 3. The van der Waals surface area contributed by atoms with Gasteiger partial charge < -0.3 is 10.6 Å². The lowest BCUT2D eigenvalue weighted by molar-refractivity contribution is -0.141. The van der Waals surface area contributed by atoms with Crippen LogP contribution in [0.1, 0.15) is 11.3 Å². The van der Waals surface area contributed by atoms with Gasteiger partial charge in [0.2, 0.25) is 5.91 Å². The molecule has 0 spiro atoms. The molecule has 0 radical (unpaired) electrons. The van der Waals surface area contributed by atoms with E-state index in [1.54, 1.807) is 24.3 Å². The minimum atomic E-state index is -4.45. The smallest absolute Gasteiger partial charge is 0.352 e. The van der Waals surface area contributed by atoms with Gasteiger partial charge in [-0.3, -0.25) is 4.79 Å². The van der Waals surface area contributed by atoms with Crippen molar-refractivity contribution in [2.45, 2.75) is 12.7 Å². The van der Waals surface area contributed by atoms with Crippen molar-refractivity contribution in [3.05, 3.63) is 47.8 Å². The fourth-order valence-corrected chi connectivity index (χ4v) is 2.19. The average Bonchev–Trinajstić information content (AvgIpc) is 2.93. The molecule has 0 unspecified atom stereocenters. The number of rotatable bonds is 4. The van der Waals surface area contributed by atoms with E-state index in [-0.39, 0.29) is 24.2 Å². The summed E-state index contributed by atoms with van der Waals surface area (Å²) in [6.07, 6.45) is -3.19. The molecule has 9 heteroatoms. The number of halogens is 4. The molecule has 0 aliphatic carbocycles. The van der Waals surface area contributed by atoms with Crippen LogP contribution in [0.4, 0.5) is 13.2 Å². The van der Waals surface area contributed by atoms with Crippen LogP contribution in [-0.4, -0.2) is 28.8 Å². The molecular weight excluding hydrogens is 345 g/mol. The van der Waals surface area contributed by atoms with E-state index in [9.17, 15) is 18.0 Å². The molecule has 0 bridgehead atoms. The molecular formula is C15H16ClF3N4O. The molecule has 1 aliphatic heterocycles. The SMILES string of the molecule is Cl.O=C(NCc1ccc(-n2ccc(C(F)(F)F)n2)cc1)C1CNC1. The first-order valence-electron chi connectivity index (χ1n) is 7.14. The van der Waals surface area contributed by atoms with Gasteiger partial charge in [0.1, 0.15) is 0 Å². The maximum absolute atomic E-state index is 12.5. The molecule has 2 heterocycles. The van der Waals surface area contributed by atoms with Crippen molar-refractivity contribution in [1.29, 1.82) is 0 Å². The number of hydrogen-bond acceptors (Lipinski definition) is 3. The fourth-order valence-electron chi connectivity index (χ4n) is 2.19. The van der Waals surface area contributed by atoms with E-state index >= 15 is 0 Å². The summed E-state index contributed by atoms with van der Waals surface area (Å²) in [7, 11) is 0. The van der Waals surface area contributed by atoms with E-state index in [1.165, 1.54) is 10.9 Å². The van der Waals surface area contributed by atoms with Crippen LogP contribution in [0.25, 0.3) is 5.69 Å². The third-order valence-corrected chi connectivity index (χ3v) is 3.70. The fraction of sp³-hybridized carbons (Fsp3) is 0.333. The van der Waals surface area contributed by atoms with Crippen molar-refractivity contribution in [2.75, 3.05) is 13.1 Å². The van der Waals surface area contributed by atoms with E-state index in [4.69, 9.17) is 0 Å². The van der Waals surface area contributed by atoms with Crippen LogP contribution < -0.4 is 10.6 Å². The zero-order valence-electron chi connectivity index (χ0n) is 12.5. The van der Waals surface area contributed by atoms with E-state index in [0.29, 0.717) is 25.3 Å². The van der Waals surface area contributed by atoms with Crippen molar-refractivity contribution < 1.29 is 18.0 Å². The summed E-state index contributed by atoms with van der Waals surface area (Å²) in [5.41, 5.74) is 0.472. The summed E-state index contributed by atoms with van der Waals surface area (Å²) in [6.45, 7) is 1.79. The molecule has 1 aromatic carbocycles. The van der Waals surface area contributed by atoms with Crippen LogP contribution in [0, 0.1) is 5.92 Å². The average molecular weight is 361 g/mol. The lowest BCUT2D eigenvalue weighted by atomic mass is 10.0. The summed E-state index contributed by atoms with van der Waals surface area (Å²) >= 11 is 0. The Morgan fingerprint density at radius 3 is 2.42 bits per heavy atom. The highest BCUT2D eigenvalue weighted by molar-refractivity contribution is 5.85. The normalized spacial score (nSPS) is 14.6. The van der Waals surface area contributed by atoms with Gasteiger partial charge in [-0.15, -0.1) is 12.4 Å². The monoisotopic (exact) mass is 360 g/mol. The van der Waals surface area contributed by atoms with Gasteiger partial charge in [0.15, 0.2) is 5.69 Å². The highest BCUT2D eigenvalue weighted by atomic mass is 35.5. The predicted molar refractivity (Wildman–Crippen MR) is 84.0 cm³/mol. The first-order valence-corrected chi connectivity index (χ1v) is 7.14. The predicted octanol–water partition coefficient (Wildman–Crippen LogP) is 2.15. The third-order valence-electron chi connectivity index (χ3n) is 3.70. The molecule has 1 aliphatic rings. The summed E-state index contributed by atoms with van der Waals surface area (Å²) in [5.74, 6) is 0.0360. The first-order chi connectivity index (χ1) is 10.9. The molecule has 2 N–H and O–H groups in total. The van der Waals surface area contributed by atoms with Gasteiger partial charge in [-0.05, 0) is 23.8 Å². The molecule has 3 rings (SSSR count). The minimum Gasteiger partial charge on any atom is -0.352 e. The Balaban J connectivity index is 0.00000208. The largest absolute Gasteiger partial charge is 0.435 e. The van der Waals surface area contributed by atoms with E-state index < -0.39 is 11.9 Å². The Labute approximate surface area is 142 Å². The van der Waals surface area contributed by atoms with E-state index in [2.05, 4.69) is 15.7 Å². The lowest BCUT2D eigenvalue weighted by Crippen LogP contribution is -2.50. The number of nitrogens with one attached hydrogen (secondary N) is 2. The summed E-state index contributed by atoms with van der Waals surface area (Å²) < 4.78 is 38.8. The maximum Gasteiger partial charge on any atom is 0.435 e. The van der Waals surface area contributed by atoms with Crippen LogP contribution in [0.5, 0.6) is 0 Å². The second-order valence-electron chi connectivity index (χ2n) is 5.38. The molecule has 5 nitrogen and oxygen atoms in total. The topological polar surface area (TPSA) is 59.0 Å². The number of hydrogen-bond donors (Lipinski definition) is 2. The number of aromatic nitrogens is 2. The lowest BCUT2D eigenvalue weighted by Gasteiger charge is -2.25. The van der Waals surface area contributed by atoms with E-state index in [0.717, 1.165) is 11.6 Å². The van der Waals surface area contributed by atoms with Gasteiger partial charge in [0.05, 0.1) is 11.6 Å². The Kier molecular flexibility index (Phi) is 5.51. The van der Waals surface area contributed by atoms with E-state index in [1.807, 2.05) is 0 Å². The number of carbonyl (C=O) groups is 1. The second kappa shape index (κ2) is 7.23. The minimum absolute atomic E-state index is 0. The highest BCUT2D eigenvalue weighted by Gasteiger charge is 2.33. The molecule has 1 fully saturated rings. The Morgan fingerprint density at radius 2 is 1.92 bits per heavy atom. The Bertz CT molecular complexity index is 695. The zero-order chi connectivity index (χ0) is 16.4. The van der Waals surface area contributed by atoms with Crippen LogP contribution in [0.2, 0.25) is 0 Å². The van der Waals surface area contributed by atoms with Crippen molar-refractivity contribution in [3.63, 3.8) is 0 Å². The quantitative estimate of drug-likeness (QED) is 0.878. The Hall–Kier alpha value is -2.06. The van der Waals surface area contributed by atoms with Gasteiger partial charge in [-0.25, -0.2) is 4.68 Å². The molecule has 1 saturated heterocycles. The number of benzene rings is 1. The molecule has 24 heavy (non-hydrogen) atoms. The summed E-state index contributed by atoms with van der Waals surface area (Å²) in [4.78, 5) is 11.7. The zero-order valence-corrected chi connectivity index (χ0v) is 13.3. The maximum atomic E-state index is 12.5. The summed E-state index contributed by atoms with van der Waals surface area (Å²) in [5, 5.41) is 9.37. The third kappa shape index (κ3) is 4.07. The van der Waals surface area contributed by atoms with Crippen molar-refractivity contribution >= 4 is 18.3 Å². The number of nitrogens with zero attached hydrogens (tertiary/aromatic N) is 2. The molecule has 0 atom stereocenters. The molecule has 1 aromatic heterocycles. The first kappa shape index (κ1) is 18.3. The van der Waals surface area contributed by atoms with Gasteiger partial charge in [0, 0.05) is 25.8 Å². The van der Waals surface area contributed by atoms with Gasteiger partial charge >= 0.3 is 6.18 Å². The summed E-state index contributed by atoms with van der Waals surface area (Å²) in [6, 6.07) is 7.77. The highest BCUT2D eigenvalue weighted by Crippen LogP contribution is 2.27. The molecule has 2 aromatic rings. The van der Waals surface area contributed by atoms with Gasteiger partial charge in [-0.1, -0.05) is 12.1 Å². The van der Waals surface area contributed by atoms with Crippen molar-refractivity contribution in [1.82, 2.24) is 20.4 Å². The van der Waals surface area contributed by atoms with Crippen LogP contribution in [-0.2, 0) is 17.5 Å². The van der Waals surface area contributed by atoms with Crippen LogP contribution >= 0.6 is 12.4 Å². The second-order valence-corrected chi connectivity index (χ2v) is 5.38. The van der Waals surface area contributed by atoms with Crippen LogP contribution in [0.3, 0.4) is 0 Å². The van der Waals surface area contributed by atoms with Crippen molar-refractivity contribution in [2.24, 2.45) is 5.92 Å². The van der Waals surface area contributed by atoms with Crippen molar-refractivity contribution in [3.8, 4) is 5.69 Å².